The van der Waals surface area contributed by atoms with Crippen molar-refractivity contribution in [1.82, 2.24) is 0 Å². The van der Waals surface area contributed by atoms with Crippen molar-refractivity contribution < 1.29 is 57.7 Å². The average molecular weight is 897 g/mol. The molecule has 0 radical (unpaired) electrons. The smallest absolute Gasteiger partial charge is 0.306 e. The van der Waals surface area contributed by atoms with Crippen LogP contribution in [0.15, 0.2) is 0 Å². The third kappa shape index (κ3) is 34.3. The predicted molar refractivity (Wildman–Crippen MR) is 248 cm³/mol. The molecule has 1 aliphatic rings. The average Bonchev–Trinajstić information content (AvgIpc) is 3.69. The Kier molecular flexibility index (Phi) is 37.7. The Labute approximate surface area is 383 Å². The summed E-state index contributed by atoms with van der Waals surface area (Å²) in [6.45, 7) is 11.8. The van der Waals surface area contributed by atoms with Gasteiger partial charge < -0.3 is 33.7 Å². The van der Waals surface area contributed by atoms with Crippen molar-refractivity contribution in [2.75, 3.05) is 39.5 Å². The number of rotatable bonds is 43. The van der Waals surface area contributed by atoms with Gasteiger partial charge in [0.05, 0.1) is 45.4 Å². The summed E-state index contributed by atoms with van der Waals surface area (Å²) >= 11 is 0. The van der Waals surface area contributed by atoms with Crippen LogP contribution in [-0.4, -0.2) is 87.7 Å². The fourth-order valence-corrected chi connectivity index (χ4v) is 7.81. The second kappa shape index (κ2) is 40.8. The zero-order chi connectivity index (χ0) is 46.2. The fraction of sp³-hybridized carbons (Fsp3) is 0.902. The molecule has 0 amide bonds. The third-order valence-electron chi connectivity index (χ3n) is 11.9. The van der Waals surface area contributed by atoms with Crippen LogP contribution in [0, 0.1) is 11.8 Å². The van der Waals surface area contributed by atoms with E-state index in [-0.39, 0.29) is 69.2 Å². The zero-order valence-electron chi connectivity index (χ0n) is 40.9. The van der Waals surface area contributed by atoms with E-state index in [1.165, 1.54) is 64.2 Å². The number of hydrogen-bond acceptors (Lipinski definition) is 11. The number of unbranched alkanes of at least 4 members (excludes halogenated alkanes) is 20. The zero-order valence-corrected chi connectivity index (χ0v) is 40.9. The van der Waals surface area contributed by atoms with Crippen LogP contribution >= 0.6 is 0 Å². The Balaban J connectivity index is 2.78. The second-order valence-electron chi connectivity index (χ2n) is 18.3. The molecule has 1 rings (SSSR count). The maximum Gasteiger partial charge on any atom is 0.306 e. The Hall–Kier alpha value is -2.73. The van der Waals surface area contributed by atoms with E-state index < -0.39 is 30.1 Å². The van der Waals surface area contributed by atoms with Gasteiger partial charge in [0.25, 0.3) is 0 Å². The predicted octanol–water partition coefficient (Wildman–Crippen LogP) is 10.4. The van der Waals surface area contributed by atoms with Crippen molar-refractivity contribution in [3.05, 3.63) is 0 Å². The van der Waals surface area contributed by atoms with Gasteiger partial charge in [-0.15, -0.1) is 0 Å². The number of carbonyl (C=O) groups excluding carboxylic acids is 5. The molecule has 0 aromatic carbocycles. The highest BCUT2D eigenvalue weighted by molar-refractivity contribution is 5.72. The number of nitrogens with two attached hydrogens (primary N) is 1. The summed E-state index contributed by atoms with van der Waals surface area (Å²) in [7, 11) is 0. The molecule has 0 aromatic rings. The van der Waals surface area contributed by atoms with Crippen LogP contribution in [0.3, 0.4) is 0 Å². The van der Waals surface area contributed by atoms with Crippen LogP contribution in [-0.2, 0) is 52.4 Å². The number of ether oxygens (including phenoxy) is 6. The molecule has 12 heteroatoms. The minimum absolute atomic E-state index is 0.00148. The van der Waals surface area contributed by atoms with Gasteiger partial charge in [-0.2, -0.15) is 0 Å². The molecule has 2 unspecified atom stereocenters. The molecule has 0 aromatic heterocycles. The maximum absolute atomic E-state index is 13.4. The highest BCUT2D eigenvalue weighted by Crippen LogP contribution is 2.18. The minimum Gasteiger partial charge on any atom is -0.465 e. The van der Waals surface area contributed by atoms with Gasteiger partial charge in [0, 0.05) is 31.1 Å². The summed E-state index contributed by atoms with van der Waals surface area (Å²) in [5, 5.41) is 1.94. The number of hydrogen-bond donors (Lipinski definition) is 1. The van der Waals surface area contributed by atoms with Crippen molar-refractivity contribution in [3.63, 3.8) is 0 Å². The number of quaternary nitrogens is 1. The van der Waals surface area contributed by atoms with Crippen LogP contribution in [0.1, 0.15) is 227 Å². The molecule has 1 heterocycles. The SMILES string of the molecule is CCCCCCCCC(=O)OCC(COC(=O)CCCCCCCC)CC(=O)O[C@H]1C[NH2+]C[C@@H]1OC(=O)CC(COC(=O)CCCCCCCC)COC(C)CCCCCCCC. The summed E-state index contributed by atoms with van der Waals surface area (Å²) in [6.07, 6.45) is 26.7. The van der Waals surface area contributed by atoms with Crippen LogP contribution < -0.4 is 5.32 Å². The van der Waals surface area contributed by atoms with Gasteiger partial charge in [-0.05, 0) is 32.6 Å². The summed E-state index contributed by atoms with van der Waals surface area (Å²) in [5.41, 5.74) is 0. The van der Waals surface area contributed by atoms with Gasteiger partial charge in [0.2, 0.25) is 0 Å². The first-order valence-electron chi connectivity index (χ1n) is 25.9. The molecule has 0 saturated carbocycles. The van der Waals surface area contributed by atoms with Crippen LogP contribution in [0.25, 0.3) is 0 Å². The van der Waals surface area contributed by atoms with Gasteiger partial charge in [-0.1, -0.05) is 163 Å². The van der Waals surface area contributed by atoms with Crippen molar-refractivity contribution >= 4 is 29.8 Å². The molecular weight excluding hydrogens is 803 g/mol. The normalized spacial score (nSPS) is 15.8. The molecule has 1 fully saturated rings. The molecule has 2 N–H and O–H groups in total. The Morgan fingerprint density at radius 3 is 1.11 bits per heavy atom. The summed E-state index contributed by atoms with van der Waals surface area (Å²) in [5.74, 6) is -2.88. The van der Waals surface area contributed by atoms with Gasteiger partial charge in [0.15, 0.2) is 12.2 Å². The van der Waals surface area contributed by atoms with Crippen molar-refractivity contribution in [1.29, 1.82) is 0 Å². The molecule has 12 nitrogen and oxygen atoms in total. The standard InChI is InChI=1S/C51H93NO11/c1-6-10-14-18-22-26-30-42(5)58-38-43(39-59-47(53)31-27-23-19-15-11-7-2)34-50(56)62-45-36-52-37-46(45)63-51(57)35-44(40-60-48(54)32-28-24-20-16-12-8-3)41-61-49(55)33-29-25-21-17-13-9-4/h42-46,52H,6-41H2,1-5H3/p+1/t42?,43?,45-,46-/m0/s1. The van der Waals surface area contributed by atoms with Crippen molar-refractivity contribution in [3.8, 4) is 0 Å². The van der Waals surface area contributed by atoms with E-state index >= 15 is 0 Å². The van der Waals surface area contributed by atoms with Crippen molar-refractivity contribution in [2.24, 2.45) is 11.8 Å². The molecule has 0 bridgehead atoms. The molecule has 0 aliphatic carbocycles. The Morgan fingerprint density at radius 2 is 0.746 bits per heavy atom. The van der Waals surface area contributed by atoms with E-state index in [1.807, 2.05) is 12.2 Å². The fourth-order valence-electron chi connectivity index (χ4n) is 7.81. The van der Waals surface area contributed by atoms with Gasteiger partial charge in [-0.3, -0.25) is 24.0 Å². The Bertz CT molecular complexity index is 1130. The maximum atomic E-state index is 13.4. The molecule has 4 atom stereocenters. The van der Waals surface area contributed by atoms with Crippen LogP contribution in [0.4, 0.5) is 0 Å². The van der Waals surface area contributed by atoms with E-state index in [0.717, 1.165) is 96.3 Å². The first kappa shape index (κ1) is 58.3. The van der Waals surface area contributed by atoms with Crippen molar-refractivity contribution in [2.45, 2.75) is 246 Å². The molecule has 368 valence electrons. The van der Waals surface area contributed by atoms with Crippen LogP contribution in [0.5, 0.6) is 0 Å². The monoisotopic (exact) mass is 897 g/mol. The third-order valence-corrected chi connectivity index (χ3v) is 11.9. The lowest BCUT2D eigenvalue weighted by atomic mass is 10.1. The molecule has 0 spiro atoms. The number of carbonyl (C=O) groups is 5. The topological polar surface area (TPSA) is 157 Å². The molecular formula is C51H94NO11+. The minimum atomic E-state index is -0.671. The largest absolute Gasteiger partial charge is 0.465 e. The first-order chi connectivity index (χ1) is 30.6. The quantitative estimate of drug-likeness (QED) is 0.0353. The van der Waals surface area contributed by atoms with E-state index in [9.17, 15) is 24.0 Å². The van der Waals surface area contributed by atoms with Gasteiger partial charge >= 0.3 is 29.8 Å². The lowest BCUT2D eigenvalue weighted by Gasteiger charge is -2.22. The van der Waals surface area contributed by atoms with Crippen LogP contribution in [0.2, 0.25) is 0 Å². The highest BCUT2D eigenvalue weighted by Gasteiger charge is 2.38. The van der Waals surface area contributed by atoms with E-state index in [0.29, 0.717) is 32.4 Å². The Morgan fingerprint density at radius 1 is 0.429 bits per heavy atom. The second-order valence-corrected chi connectivity index (χ2v) is 18.3. The van der Waals surface area contributed by atoms with Gasteiger partial charge in [-0.25, -0.2) is 0 Å². The lowest BCUT2D eigenvalue weighted by molar-refractivity contribution is -0.640. The van der Waals surface area contributed by atoms with E-state index in [4.69, 9.17) is 28.4 Å². The van der Waals surface area contributed by atoms with E-state index in [2.05, 4.69) is 27.7 Å². The summed E-state index contributed by atoms with van der Waals surface area (Å²) in [6, 6.07) is 0. The summed E-state index contributed by atoms with van der Waals surface area (Å²) < 4.78 is 34.8. The highest BCUT2D eigenvalue weighted by atomic mass is 16.6. The summed E-state index contributed by atoms with van der Waals surface area (Å²) in [4.78, 5) is 64.6. The number of esters is 5. The van der Waals surface area contributed by atoms with Gasteiger partial charge in [0.1, 0.15) is 13.1 Å². The molecule has 1 aliphatic heterocycles. The first-order valence-corrected chi connectivity index (χ1v) is 25.9. The molecule has 1 saturated heterocycles. The van der Waals surface area contributed by atoms with E-state index in [1.54, 1.807) is 0 Å². The molecule has 63 heavy (non-hydrogen) atoms. The lowest BCUT2D eigenvalue weighted by Crippen LogP contribution is -2.82.